The third kappa shape index (κ3) is 26.4. The summed E-state index contributed by atoms with van der Waals surface area (Å²) in [4.78, 5) is 7.80. The van der Waals surface area contributed by atoms with Gasteiger partial charge in [-0.25, -0.2) is 0 Å². The van der Waals surface area contributed by atoms with Gasteiger partial charge in [-0.3, -0.25) is 0 Å². The lowest BCUT2D eigenvalue weighted by molar-refractivity contribution is 0.0547. The average molecular weight is 1630 g/mol. The summed E-state index contributed by atoms with van der Waals surface area (Å²) in [5.41, 5.74) is 2.92. The largest absolute Gasteiger partial charge is 0.493 e. The molecule has 0 amide bonds. The van der Waals surface area contributed by atoms with Gasteiger partial charge in [-0.05, 0) is 222 Å². The number of benzene rings is 10. The van der Waals surface area contributed by atoms with Crippen LogP contribution in [0.2, 0.25) is 0 Å². The van der Waals surface area contributed by atoms with E-state index in [1.807, 2.05) is 0 Å². The first-order valence-electron chi connectivity index (χ1n) is 42.3. The number of hydrogen-bond acceptors (Lipinski definition) is 10. The SMILES string of the molecule is COCCCC(C)c1ccc([S+]2CCCCC2)c2ccccc12.COCCCOc1ccc([S+]2CCCCC2)c2ccccc12.COCCOCCOc1ccc([S+]2CCCCC2)c2ccccc12.COCCOCCc1ccc([S+]2CCCCC2)c2ccccc12.COCCOc1ccc([S+]2CCCCC2)c2ccccc12. The highest BCUT2D eigenvalue weighted by atomic mass is 32.2. The summed E-state index contributed by atoms with van der Waals surface area (Å²) in [6.07, 6.45) is 25.1. The van der Waals surface area contributed by atoms with Crippen LogP contribution in [0.1, 0.15) is 140 Å². The fourth-order valence-electron chi connectivity index (χ4n) is 16.1. The second-order valence-electron chi connectivity index (χ2n) is 30.0. The van der Waals surface area contributed by atoms with Gasteiger partial charge >= 0.3 is 0 Å². The standard InChI is InChI=1S/C21H29OS.C20H27O3S.C20H27O2S.C19H25O2S.C18H23O2S/c1-17(9-8-14-22-2)18-12-13-21(23-15-6-3-7-16-23)20-11-5-4-10-19(18)20;1-21-11-12-22-13-14-23-19-9-10-20(24-15-5-2-6-16-24)18-8-4-3-7-17(18)19;1-21-13-14-22-12-11-17-9-10-20(23-15-5-2-6-16-23)19-8-4-3-7-18(17)19;1-20-12-7-13-21-18-10-11-19(22-14-5-2-6-15-22)17-9-4-3-8-16(17)18;1-19-11-12-20-17-9-10-18(21-13-5-2-6-14-21)16-8-4-3-7-15(16)17/h4-5,10-13,17H,3,6-9,14-16H2,1-2H3;3-4,7-10H,2,5-6,11-16H2,1H3;3-4,7-10H,2,5-6,11-16H2,1H3;3-4,8-11H,2,5-7,12-15H2,1H3;3-4,7-10H,2,5-6,11-14H2,1H3/q5*+1. The Labute approximate surface area is 692 Å². The van der Waals surface area contributed by atoms with E-state index < -0.39 is 0 Å². The molecule has 0 radical (unpaired) electrons. The Morgan fingerprint density at radius 2 is 0.531 bits per heavy atom. The Balaban J connectivity index is 0.000000140. The van der Waals surface area contributed by atoms with Crippen molar-refractivity contribution in [3.63, 3.8) is 0 Å². The van der Waals surface area contributed by atoms with Gasteiger partial charge in [0.25, 0.3) is 0 Å². The number of ether oxygens (including phenoxy) is 10. The van der Waals surface area contributed by atoms with Gasteiger partial charge in [0, 0.05) is 153 Å². The predicted molar refractivity (Wildman–Crippen MR) is 489 cm³/mol. The molecule has 608 valence electrons. The third-order valence-corrected chi connectivity index (χ3v) is 34.8. The van der Waals surface area contributed by atoms with E-state index in [2.05, 4.69) is 189 Å². The molecule has 113 heavy (non-hydrogen) atoms. The fraction of sp³-hybridized carbons (Fsp3) is 0.490. The van der Waals surface area contributed by atoms with Gasteiger partial charge < -0.3 is 47.4 Å². The Morgan fingerprint density at radius 3 is 0.920 bits per heavy atom. The minimum absolute atomic E-state index is 0.404. The van der Waals surface area contributed by atoms with E-state index in [1.165, 1.54) is 235 Å². The molecule has 10 aromatic carbocycles. The topological polar surface area (TPSA) is 92.3 Å². The van der Waals surface area contributed by atoms with Crippen LogP contribution in [-0.4, -0.2) is 172 Å². The van der Waals surface area contributed by atoms with Gasteiger partial charge in [0.1, 0.15) is 88.0 Å². The molecule has 0 saturated carbocycles. The van der Waals surface area contributed by atoms with Crippen LogP contribution in [0.15, 0.2) is 206 Å². The van der Waals surface area contributed by atoms with Crippen LogP contribution in [-0.2, 0) is 94.1 Å². The summed E-state index contributed by atoms with van der Waals surface area (Å²) in [6, 6.07) is 66.9. The molecule has 5 fully saturated rings. The van der Waals surface area contributed by atoms with Crippen molar-refractivity contribution in [2.75, 3.05) is 172 Å². The number of hydrogen-bond donors (Lipinski definition) is 0. The van der Waals surface area contributed by atoms with Crippen molar-refractivity contribution in [3.8, 4) is 17.2 Å². The molecule has 5 aliphatic heterocycles. The van der Waals surface area contributed by atoms with Crippen molar-refractivity contribution in [1.82, 2.24) is 0 Å². The second-order valence-corrected chi connectivity index (χ2v) is 41.2. The van der Waals surface area contributed by atoms with Gasteiger partial charge in [-0.15, -0.1) is 0 Å². The molecular weight excluding hydrogens is 1500 g/mol. The van der Waals surface area contributed by atoms with Crippen LogP contribution < -0.4 is 14.2 Å². The van der Waals surface area contributed by atoms with Crippen molar-refractivity contribution in [2.45, 2.75) is 159 Å². The maximum atomic E-state index is 5.99. The molecule has 0 aliphatic carbocycles. The zero-order valence-corrected chi connectivity index (χ0v) is 73.1. The molecule has 5 aliphatic rings. The van der Waals surface area contributed by atoms with E-state index in [4.69, 9.17) is 47.4 Å². The van der Waals surface area contributed by atoms with Gasteiger partial charge in [-0.1, -0.05) is 110 Å². The monoisotopic (exact) mass is 1630 g/mol. The predicted octanol–water partition coefficient (Wildman–Crippen LogP) is 22.2. The molecule has 5 heterocycles. The maximum absolute atomic E-state index is 5.99. The fourth-order valence-corrected chi connectivity index (χ4v) is 28.6. The van der Waals surface area contributed by atoms with E-state index in [0.717, 1.165) is 56.3 Å². The molecular formula is C98H131O10S5+5. The van der Waals surface area contributed by atoms with Crippen molar-refractivity contribution in [1.29, 1.82) is 0 Å². The molecule has 0 N–H and O–H groups in total. The first-order chi connectivity index (χ1) is 55.9. The summed E-state index contributed by atoms with van der Waals surface area (Å²) in [7, 11) is 10.8. The highest BCUT2D eigenvalue weighted by Gasteiger charge is 2.33. The molecule has 0 bridgehead atoms. The molecule has 1 atom stereocenters. The zero-order chi connectivity index (χ0) is 78.3. The smallest absolute Gasteiger partial charge is 0.162 e. The van der Waals surface area contributed by atoms with E-state index in [9.17, 15) is 0 Å². The van der Waals surface area contributed by atoms with Gasteiger partial charge in [0.05, 0.1) is 52.9 Å². The van der Waals surface area contributed by atoms with E-state index in [-0.39, 0.29) is 0 Å². The minimum atomic E-state index is 0.404. The molecule has 10 nitrogen and oxygen atoms in total. The average Bonchev–Trinajstić information content (AvgIpc) is 0.566. The second kappa shape index (κ2) is 50.2. The number of fused-ring (bicyclic) bond motifs is 5. The summed E-state index contributed by atoms with van der Waals surface area (Å²) in [5.74, 6) is 17.2. The summed E-state index contributed by atoms with van der Waals surface area (Å²) < 4.78 is 54.3. The van der Waals surface area contributed by atoms with Crippen molar-refractivity contribution in [3.05, 3.63) is 193 Å². The quantitative estimate of drug-likeness (QED) is 0.0300. The summed E-state index contributed by atoms with van der Waals surface area (Å²) in [6.45, 7) is 10.4. The molecule has 0 spiro atoms. The molecule has 10 aromatic rings. The zero-order valence-electron chi connectivity index (χ0n) is 69.0. The Morgan fingerprint density at radius 1 is 0.248 bits per heavy atom. The Bertz CT molecular complexity index is 4370. The lowest BCUT2D eigenvalue weighted by atomic mass is 9.91. The van der Waals surface area contributed by atoms with E-state index in [0.29, 0.717) is 120 Å². The van der Waals surface area contributed by atoms with Crippen molar-refractivity contribution in [2.24, 2.45) is 0 Å². The number of rotatable bonds is 32. The van der Waals surface area contributed by atoms with E-state index >= 15 is 0 Å². The van der Waals surface area contributed by atoms with Crippen LogP contribution in [0.3, 0.4) is 0 Å². The van der Waals surface area contributed by atoms with Gasteiger partial charge in [0.15, 0.2) is 24.5 Å². The van der Waals surface area contributed by atoms with Crippen molar-refractivity contribution >= 4 is 108 Å². The Kier molecular flexibility index (Phi) is 39.2. The maximum Gasteiger partial charge on any atom is 0.162 e. The highest BCUT2D eigenvalue weighted by molar-refractivity contribution is 7.98. The van der Waals surface area contributed by atoms with E-state index in [1.54, 1.807) is 50.2 Å². The third-order valence-electron chi connectivity index (χ3n) is 22.1. The van der Waals surface area contributed by atoms with Crippen LogP contribution >= 0.6 is 0 Å². The van der Waals surface area contributed by atoms with Crippen molar-refractivity contribution < 1.29 is 47.4 Å². The normalized spacial score (nSPS) is 16.3. The first kappa shape index (κ1) is 88.2. The van der Waals surface area contributed by atoms with Gasteiger partial charge in [-0.2, -0.15) is 0 Å². The minimum Gasteiger partial charge on any atom is -0.493 e. The molecule has 15 heteroatoms. The Hall–Kier alpha value is -5.63. The molecule has 5 saturated heterocycles. The molecule has 0 aromatic heterocycles. The lowest BCUT2D eigenvalue weighted by Gasteiger charge is -2.18. The van der Waals surface area contributed by atoms with Crippen LogP contribution in [0, 0.1) is 0 Å². The first-order valence-corrected chi connectivity index (χ1v) is 50.2. The summed E-state index contributed by atoms with van der Waals surface area (Å²) in [5, 5.41) is 13.7. The van der Waals surface area contributed by atoms with Crippen LogP contribution in [0.5, 0.6) is 17.2 Å². The number of methoxy groups -OCH3 is 5. The molecule has 15 rings (SSSR count). The molecule has 1 unspecified atom stereocenters. The highest BCUT2D eigenvalue weighted by Crippen LogP contribution is 2.40. The summed E-state index contributed by atoms with van der Waals surface area (Å²) >= 11 is 0. The van der Waals surface area contributed by atoms with Crippen LogP contribution in [0.4, 0.5) is 0 Å². The van der Waals surface area contributed by atoms with Gasteiger partial charge in [0.2, 0.25) is 0 Å². The lowest BCUT2D eigenvalue weighted by Crippen LogP contribution is -2.18. The van der Waals surface area contributed by atoms with Crippen LogP contribution in [0.25, 0.3) is 53.9 Å².